The summed E-state index contributed by atoms with van der Waals surface area (Å²) in [6, 6.07) is 9.09. The zero-order valence-electron chi connectivity index (χ0n) is 11.1. The van der Waals surface area contributed by atoms with Crippen molar-refractivity contribution in [3.63, 3.8) is 0 Å². The van der Waals surface area contributed by atoms with Crippen molar-refractivity contribution in [2.24, 2.45) is 0 Å². The molecule has 0 aliphatic carbocycles. The Morgan fingerprint density at radius 2 is 1.68 bits per heavy atom. The SMILES string of the molecule is CCOC1NC(=O)C(CC)(c2ccccc2)C(=O)N1. The molecule has 19 heavy (non-hydrogen) atoms. The van der Waals surface area contributed by atoms with Crippen molar-refractivity contribution in [3.05, 3.63) is 35.9 Å². The molecule has 0 atom stereocenters. The maximum Gasteiger partial charge on any atom is 0.243 e. The van der Waals surface area contributed by atoms with Crippen LogP contribution in [0, 0.1) is 0 Å². The molecule has 102 valence electrons. The van der Waals surface area contributed by atoms with E-state index in [-0.39, 0.29) is 11.8 Å². The number of ether oxygens (including phenoxy) is 1. The van der Waals surface area contributed by atoms with E-state index in [2.05, 4.69) is 10.6 Å². The molecule has 2 rings (SSSR count). The quantitative estimate of drug-likeness (QED) is 0.792. The minimum Gasteiger partial charge on any atom is -0.341 e. The lowest BCUT2D eigenvalue weighted by Gasteiger charge is -2.38. The zero-order chi connectivity index (χ0) is 13.9. The average molecular weight is 262 g/mol. The molecule has 0 bridgehead atoms. The highest BCUT2D eigenvalue weighted by Crippen LogP contribution is 2.30. The van der Waals surface area contributed by atoms with Crippen molar-refractivity contribution in [1.29, 1.82) is 0 Å². The van der Waals surface area contributed by atoms with E-state index < -0.39 is 11.8 Å². The summed E-state index contributed by atoms with van der Waals surface area (Å²) >= 11 is 0. The minimum absolute atomic E-state index is 0.316. The Bertz CT molecular complexity index is 455. The average Bonchev–Trinajstić information content (AvgIpc) is 2.41. The van der Waals surface area contributed by atoms with E-state index in [0.717, 1.165) is 0 Å². The summed E-state index contributed by atoms with van der Waals surface area (Å²) in [5.41, 5.74) is -0.475. The molecule has 1 aromatic carbocycles. The van der Waals surface area contributed by atoms with Gasteiger partial charge in [-0.25, -0.2) is 0 Å². The second kappa shape index (κ2) is 5.40. The van der Waals surface area contributed by atoms with E-state index in [1.54, 1.807) is 19.1 Å². The fraction of sp³-hybridized carbons (Fsp3) is 0.429. The number of hydrogen-bond acceptors (Lipinski definition) is 3. The van der Waals surface area contributed by atoms with Gasteiger partial charge in [-0.3, -0.25) is 9.59 Å². The first-order chi connectivity index (χ1) is 9.15. The van der Waals surface area contributed by atoms with E-state index in [1.165, 1.54) is 0 Å². The number of carbonyl (C=O) groups is 2. The summed E-state index contributed by atoms with van der Waals surface area (Å²) < 4.78 is 5.23. The lowest BCUT2D eigenvalue weighted by molar-refractivity contribution is -0.151. The third-order valence-electron chi connectivity index (χ3n) is 3.43. The molecule has 2 amide bonds. The van der Waals surface area contributed by atoms with Gasteiger partial charge < -0.3 is 15.4 Å². The molecule has 1 aliphatic rings. The summed E-state index contributed by atoms with van der Waals surface area (Å²) in [5.74, 6) is -0.633. The number of benzene rings is 1. The number of nitrogens with one attached hydrogen (secondary N) is 2. The first-order valence-electron chi connectivity index (χ1n) is 6.44. The number of carbonyl (C=O) groups excluding carboxylic acids is 2. The van der Waals surface area contributed by atoms with Crippen LogP contribution in [0.4, 0.5) is 0 Å². The van der Waals surface area contributed by atoms with E-state index in [0.29, 0.717) is 18.6 Å². The van der Waals surface area contributed by atoms with Crippen LogP contribution in [0.25, 0.3) is 0 Å². The molecule has 1 aromatic rings. The summed E-state index contributed by atoms with van der Waals surface area (Å²) in [7, 11) is 0. The van der Waals surface area contributed by atoms with Gasteiger partial charge >= 0.3 is 0 Å². The molecule has 5 heteroatoms. The normalized spacial score (nSPS) is 26.7. The van der Waals surface area contributed by atoms with E-state index in [9.17, 15) is 9.59 Å². The van der Waals surface area contributed by atoms with Gasteiger partial charge in [0.05, 0.1) is 0 Å². The molecule has 2 N–H and O–H groups in total. The van der Waals surface area contributed by atoms with Gasteiger partial charge in [-0.2, -0.15) is 0 Å². The largest absolute Gasteiger partial charge is 0.341 e. The predicted octanol–water partition coefficient (Wildman–Crippen LogP) is 0.900. The van der Waals surface area contributed by atoms with Crippen LogP contribution in [-0.2, 0) is 19.7 Å². The molecule has 1 heterocycles. The van der Waals surface area contributed by atoms with Crippen molar-refractivity contribution < 1.29 is 14.3 Å². The lowest BCUT2D eigenvalue weighted by atomic mass is 9.75. The molecular weight excluding hydrogens is 244 g/mol. The van der Waals surface area contributed by atoms with Crippen LogP contribution in [0.3, 0.4) is 0 Å². The minimum atomic E-state index is -1.17. The highest BCUT2D eigenvalue weighted by atomic mass is 16.5. The summed E-state index contributed by atoms with van der Waals surface area (Å²) in [5, 5.41) is 5.39. The molecular formula is C14H18N2O3. The van der Waals surface area contributed by atoms with Crippen LogP contribution in [0.5, 0.6) is 0 Å². The van der Waals surface area contributed by atoms with Gasteiger partial charge in [-0.05, 0) is 18.9 Å². The number of hydrogen-bond donors (Lipinski definition) is 2. The van der Waals surface area contributed by atoms with Crippen molar-refractivity contribution >= 4 is 11.8 Å². The predicted molar refractivity (Wildman–Crippen MR) is 70.1 cm³/mol. The van der Waals surface area contributed by atoms with Gasteiger partial charge in [0.15, 0.2) is 5.41 Å². The Kier molecular flexibility index (Phi) is 3.85. The van der Waals surface area contributed by atoms with Crippen LogP contribution >= 0.6 is 0 Å². The Morgan fingerprint density at radius 1 is 1.11 bits per heavy atom. The van der Waals surface area contributed by atoms with E-state index in [1.807, 2.05) is 25.1 Å². The second-order valence-electron chi connectivity index (χ2n) is 4.41. The van der Waals surface area contributed by atoms with Crippen LogP contribution in [0.1, 0.15) is 25.8 Å². The molecule has 5 nitrogen and oxygen atoms in total. The van der Waals surface area contributed by atoms with Gasteiger partial charge in [0, 0.05) is 6.61 Å². The molecule has 0 aromatic heterocycles. The molecule has 0 radical (unpaired) electrons. The Labute approximate surface area is 112 Å². The Hall–Kier alpha value is -1.88. The first kappa shape index (κ1) is 13.5. The van der Waals surface area contributed by atoms with Crippen molar-refractivity contribution in [2.45, 2.75) is 32.0 Å². The third-order valence-corrected chi connectivity index (χ3v) is 3.43. The number of amides is 2. The van der Waals surface area contributed by atoms with Gasteiger partial charge in [0.1, 0.15) is 0 Å². The van der Waals surface area contributed by atoms with Crippen molar-refractivity contribution in [3.8, 4) is 0 Å². The molecule has 0 spiro atoms. The molecule has 0 saturated carbocycles. The Morgan fingerprint density at radius 3 is 2.16 bits per heavy atom. The lowest BCUT2D eigenvalue weighted by Crippen LogP contribution is -2.67. The van der Waals surface area contributed by atoms with E-state index in [4.69, 9.17) is 4.74 Å². The van der Waals surface area contributed by atoms with Crippen molar-refractivity contribution in [1.82, 2.24) is 10.6 Å². The molecule has 1 saturated heterocycles. The Balaban J connectivity index is 2.36. The van der Waals surface area contributed by atoms with Gasteiger partial charge in [-0.1, -0.05) is 37.3 Å². The smallest absolute Gasteiger partial charge is 0.243 e. The third kappa shape index (κ3) is 2.21. The maximum atomic E-state index is 12.4. The van der Waals surface area contributed by atoms with Gasteiger partial charge in [0.2, 0.25) is 18.2 Å². The second-order valence-corrected chi connectivity index (χ2v) is 4.41. The van der Waals surface area contributed by atoms with E-state index >= 15 is 0 Å². The van der Waals surface area contributed by atoms with Crippen LogP contribution < -0.4 is 10.6 Å². The maximum absolute atomic E-state index is 12.4. The summed E-state index contributed by atoms with van der Waals surface area (Å²) in [4.78, 5) is 24.8. The fourth-order valence-electron chi connectivity index (χ4n) is 2.38. The highest BCUT2D eigenvalue weighted by Gasteiger charge is 2.50. The standard InChI is InChI=1S/C14H18N2O3/c1-3-14(10-8-6-5-7-9-10)11(17)15-13(19-4-2)16-12(14)18/h5-9,13H,3-4H2,1-2H3,(H,15,17)(H,16,18). The van der Waals surface area contributed by atoms with Crippen LogP contribution in [-0.4, -0.2) is 24.8 Å². The fourth-order valence-corrected chi connectivity index (χ4v) is 2.38. The zero-order valence-corrected chi connectivity index (χ0v) is 11.1. The molecule has 1 fully saturated rings. The summed E-state index contributed by atoms with van der Waals surface area (Å²) in [6.45, 7) is 4.04. The van der Waals surface area contributed by atoms with Crippen LogP contribution in [0.2, 0.25) is 0 Å². The van der Waals surface area contributed by atoms with Crippen molar-refractivity contribution in [2.75, 3.05) is 6.61 Å². The first-order valence-corrected chi connectivity index (χ1v) is 6.44. The molecule has 1 aliphatic heterocycles. The molecule has 0 unspecified atom stereocenters. The van der Waals surface area contributed by atoms with Crippen LogP contribution in [0.15, 0.2) is 30.3 Å². The summed E-state index contributed by atoms with van der Waals surface area (Å²) in [6.07, 6.45) is -0.346. The van der Waals surface area contributed by atoms with Gasteiger partial charge in [0.25, 0.3) is 0 Å². The van der Waals surface area contributed by atoms with Gasteiger partial charge in [-0.15, -0.1) is 0 Å². The highest BCUT2D eigenvalue weighted by molar-refractivity contribution is 6.12. The monoisotopic (exact) mass is 262 g/mol. The number of rotatable bonds is 4. The topological polar surface area (TPSA) is 67.4 Å².